The van der Waals surface area contributed by atoms with E-state index in [1.54, 1.807) is 0 Å². The van der Waals surface area contributed by atoms with E-state index in [2.05, 4.69) is 11.0 Å². The van der Waals surface area contributed by atoms with Gasteiger partial charge >= 0.3 is 11.9 Å². The third kappa shape index (κ3) is 8.05. The molecule has 0 unspecified atom stereocenters. The van der Waals surface area contributed by atoms with Crippen molar-refractivity contribution in [3.63, 3.8) is 0 Å². The molecule has 33 heavy (non-hydrogen) atoms. The molecule has 2 heterocycles. The minimum Gasteiger partial charge on any atom is -0.494 e. The van der Waals surface area contributed by atoms with Gasteiger partial charge in [-0.05, 0) is 51.8 Å². The zero-order valence-corrected chi connectivity index (χ0v) is 18.9. The molecule has 0 aromatic heterocycles. The first-order valence-corrected chi connectivity index (χ1v) is 11.2. The molecular weight excluding hydrogens is 430 g/mol. The number of carbonyl (C=O) groups excluding carboxylic acids is 2. The number of carbonyl (C=O) groups is 4. The van der Waals surface area contributed by atoms with Crippen molar-refractivity contribution >= 4 is 23.8 Å². The minimum absolute atomic E-state index is 0.0682. The number of amides is 2. The number of likely N-dealkylation sites (tertiary alicyclic amines) is 2. The van der Waals surface area contributed by atoms with Crippen LogP contribution in [0.1, 0.15) is 38.2 Å². The summed E-state index contributed by atoms with van der Waals surface area (Å²) >= 11 is 0. The lowest BCUT2D eigenvalue weighted by Gasteiger charge is -2.37. The summed E-state index contributed by atoms with van der Waals surface area (Å²) in [6.07, 6.45) is 3.19. The van der Waals surface area contributed by atoms with Crippen LogP contribution in [0, 0.1) is 11.8 Å². The van der Waals surface area contributed by atoms with Crippen LogP contribution < -0.4 is 10.5 Å². The van der Waals surface area contributed by atoms with Crippen LogP contribution in [0.2, 0.25) is 0 Å². The lowest BCUT2D eigenvalue weighted by Crippen LogP contribution is -2.46. The fourth-order valence-electron chi connectivity index (χ4n) is 4.15. The molecule has 2 aliphatic rings. The highest BCUT2D eigenvalue weighted by molar-refractivity contribution is 6.27. The Balaban J connectivity index is 0.000000569. The zero-order chi connectivity index (χ0) is 24.4. The Morgan fingerprint density at radius 2 is 1.48 bits per heavy atom. The Morgan fingerprint density at radius 1 is 0.939 bits per heavy atom. The Hall–Kier alpha value is -3.14. The van der Waals surface area contributed by atoms with E-state index in [4.69, 9.17) is 30.3 Å². The standard InChI is InChI=1S/C21H31N3O3.C2H2O4/c1-2-27-19-6-4-3-5-18(19)15-23-11-7-17(8-12-23)21(26)24-13-9-16(10-14-24)20(22)25;3-1(4)2(5)6/h3-6,16-17H,2,7-15H2,1H3,(H2,22,25);(H,3,4)(H,5,6). The normalized spacial score (nSPS) is 17.5. The zero-order valence-electron chi connectivity index (χ0n) is 18.9. The summed E-state index contributed by atoms with van der Waals surface area (Å²) in [6, 6.07) is 8.18. The number of aliphatic carboxylic acids is 2. The van der Waals surface area contributed by atoms with Gasteiger partial charge in [-0.1, -0.05) is 18.2 Å². The molecule has 1 aromatic carbocycles. The largest absolute Gasteiger partial charge is 0.494 e. The average Bonchev–Trinajstić information content (AvgIpc) is 2.81. The quantitative estimate of drug-likeness (QED) is 0.532. The number of piperidine rings is 2. The van der Waals surface area contributed by atoms with Crippen LogP contribution >= 0.6 is 0 Å². The molecule has 0 radical (unpaired) electrons. The first-order chi connectivity index (χ1) is 15.7. The monoisotopic (exact) mass is 463 g/mol. The number of carboxylic acids is 2. The second kappa shape index (κ2) is 12.8. The second-order valence-corrected chi connectivity index (χ2v) is 8.20. The third-order valence-corrected chi connectivity index (χ3v) is 6.00. The molecule has 0 spiro atoms. The van der Waals surface area contributed by atoms with Crippen molar-refractivity contribution in [2.75, 3.05) is 32.8 Å². The molecule has 2 aliphatic heterocycles. The molecule has 10 nitrogen and oxygen atoms in total. The highest BCUT2D eigenvalue weighted by Crippen LogP contribution is 2.26. The van der Waals surface area contributed by atoms with E-state index in [9.17, 15) is 9.59 Å². The maximum atomic E-state index is 12.8. The van der Waals surface area contributed by atoms with Gasteiger partial charge in [0.2, 0.25) is 11.8 Å². The molecule has 0 bridgehead atoms. The van der Waals surface area contributed by atoms with Crippen molar-refractivity contribution in [1.82, 2.24) is 9.80 Å². The van der Waals surface area contributed by atoms with Crippen molar-refractivity contribution in [2.45, 2.75) is 39.2 Å². The third-order valence-electron chi connectivity index (χ3n) is 6.00. The van der Waals surface area contributed by atoms with Crippen molar-refractivity contribution in [2.24, 2.45) is 17.6 Å². The van der Waals surface area contributed by atoms with E-state index >= 15 is 0 Å². The number of hydrogen-bond acceptors (Lipinski definition) is 6. The molecule has 10 heteroatoms. The van der Waals surface area contributed by atoms with E-state index in [-0.39, 0.29) is 23.7 Å². The summed E-state index contributed by atoms with van der Waals surface area (Å²) in [5.41, 5.74) is 6.59. The predicted molar refractivity (Wildman–Crippen MR) is 119 cm³/mol. The molecule has 0 aliphatic carbocycles. The van der Waals surface area contributed by atoms with Gasteiger partial charge in [0.1, 0.15) is 5.75 Å². The first-order valence-electron chi connectivity index (χ1n) is 11.2. The van der Waals surface area contributed by atoms with E-state index in [0.717, 1.165) is 38.2 Å². The van der Waals surface area contributed by atoms with E-state index in [1.165, 1.54) is 5.56 Å². The number of nitrogens with zero attached hydrogens (tertiary/aromatic N) is 2. The molecule has 1 aromatic rings. The van der Waals surface area contributed by atoms with Crippen LogP contribution in [0.3, 0.4) is 0 Å². The first kappa shape index (κ1) is 26.1. The number of nitrogens with two attached hydrogens (primary N) is 1. The van der Waals surface area contributed by atoms with Gasteiger partial charge in [0.25, 0.3) is 0 Å². The maximum absolute atomic E-state index is 12.8. The maximum Gasteiger partial charge on any atom is 0.414 e. The number of benzene rings is 1. The molecule has 182 valence electrons. The van der Waals surface area contributed by atoms with Crippen LogP contribution in [0.15, 0.2) is 24.3 Å². The molecule has 3 rings (SSSR count). The van der Waals surface area contributed by atoms with Crippen LogP contribution in [-0.4, -0.2) is 76.6 Å². The topological polar surface area (TPSA) is 150 Å². The summed E-state index contributed by atoms with van der Waals surface area (Å²) in [6.45, 7) is 6.70. The van der Waals surface area contributed by atoms with Gasteiger partial charge < -0.3 is 25.6 Å². The number of para-hydroxylation sites is 1. The average molecular weight is 464 g/mol. The van der Waals surface area contributed by atoms with Crippen LogP contribution in [0.5, 0.6) is 5.75 Å². The fraction of sp³-hybridized carbons (Fsp3) is 0.565. The van der Waals surface area contributed by atoms with Crippen molar-refractivity contribution < 1.29 is 34.1 Å². The Labute approximate surface area is 193 Å². The predicted octanol–water partition coefficient (Wildman–Crippen LogP) is 1.18. The summed E-state index contributed by atoms with van der Waals surface area (Å²) in [5, 5.41) is 14.8. The van der Waals surface area contributed by atoms with Gasteiger partial charge in [-0.15, -0.1) is 0 Å². The van der Waals surface area contributed by atoms with Gasteiger partial charge in [-0.3, -0.25) is 14.5 Å². The highest BCUT2D eigenvalue weighted by Gasteiger charge is 2.32. The molecule has 0 atom stereocenters. The minimum atomic E-state index is -1.82. The van der Waals surface area contributed by atoms with Gasteiger partial charge in [0, 0.05) is 37.0 Å². The van der Waals surface area contributed by atoms with Crippen LogP contribution in [0.4, 0.5) is 0 Å². The number of primary amides is 1. The molecular formula is C23H33N3O7. The summed E-state index contributed by atoms with van der Waals surface area (Å²) in [5.74, 6) is -2.63. The van der Waals surface area contributed by atoms with E-state index in [0.29, 0.717) is 32.5 Å². The van der Waals surface area contributed by atoms with Crippen molar-refractivity contribution in [1.29, 1.82) is 0 Å². The SMILES string of the molecule is CCOc1ccccc1CN1CCC(C(=O)N2CCC(C(N)=O)CC2)CC1.O=C(O)C(=O)O. The summed E-state index contributed by atoms with van der Waals surface area (Å²) in [4.78, 5) is 46.6. The van der Waals surface area contributed by atoms with Gasteiger partial charge in [-0.25, -0.2) is 9.59 Å². The van der Waals surface area contributed by atoms with E-state index < -0.39 is 11.9 Å². The van der Waals surface area contributed by atoms with Gasteiger partial charge in [-0.2, -0.15) is 0 Å². The molecule has 4 N–H and O–H groups in total. The molecule has 2 saturated heterocycles. The number of rotatable bonds is 6. The number of carboxylic acid groups (broad SMARTS) is 2. The molecule has 0 saturated carbocycles. The Morgan fingerprint density at radius 3 is 2.00 bits per heavy atom. The van der Waals surface area contributed by atoms with Crippen LogP contribution in [0.25, 0.3) is 0 Å². The van der Waals surface area contributed by atoms with Crippen molar-refractivity contribution in [3.8, 4) is 5.75 Å². The summed E-state index contributed by atoms with van der Waals surface area (Å²) < 4.78 is 5.72. The number of ether oxygens (including phenoxy) is 1. The lowest BCUT2D eigenvalue weighted by molar-refractivity contribution is -0.159. The number of hydrogen-bond donors (Lipinski definition) is 3. The Kier molecular flexibility index (Phi) is 10.1. The van der Waals surface area contributed by atoms with Gasteiger partial charge in [0.05, 0.1) is 6.61 Å². The lowest BCUT2D eigenvalue weighted by atomic mass is 9.91. The molecule has 2 fully saturated rings. The molecule has 2 amide bonds. The van der Waals surface area contributed by atoms with Crippen LogP contribution in [-0.2, 0) is 25.7 Å². The second-order valence-electron chi connectivity index (χ2n) is 8.20. The van der Waals surface area contributed by atoms with Gasteiger partial charge in [0.15, 0.2) is 0 Å². The van der Waals surface area contributed by atoms with Crippen molar-refractivity contribution in [3.05, 3.63) is 29.8 Å². The summed E-state index contributed by atoms with van der Waals surface area (Å²) in [7, 11) is 0. The highest BCUT2D eigenvalue weighted by atomic mass is 16.5. The van der Waals surface area contributed by atoms with E-state index in [1.807, 2.05) is 30.0 Å². The smallest absolute Gasteiger partial charge is 0.414 e. The Bertz CT molecular complexity index is 817. The fourth-order valence-corrected chi connectivity index (χ4v) is 4.15.